The predicted molar refractivity (Wildman–Crippen MR) is 102 cm³/mol. The molecule has 0 aliphatic heterocycles. The van der Waals surface area contributed by atoms with Gasteiger partial charge in [0.1, 0.15) is 17.8 Å². The van der Waals surface area contributed by atoms with Crippen LogP contribution in [0.3, 0.4) is 0 Å². The third-order valence-corrected chi connectivity index (χ3v) is 3.14. The molecule has 1 unspecified atom stereocenters. The zero-order valence-corrected chi connectivity index (χ0v) is 17.4. The number of hydrogen-bond donors (Lipinski definition) is 0. The lowest BCUT2D eigenvalue weighted by Crippen LogP contribution is -2.36. The third kappa shape index (κ3) is 10.5. The fourth-order valence-electron chi connectivity index (χ4n) is 2.10. The molecule has 1 aromatic rings. The van der Waals surface area contributed by atoms with E-state index in [1.54, 1.807) is 53.7 Å². The van der Waals surface area contributed by atoms with E-state index in [1.165, 1.54) is 0 Å². The van der Waals surface area contributed by atoms with Crippen molar-refractivity contribution in [3.63, 3.8) is 0 Å². The molecule has 0 N–H and O–H groups in total. The second kappa shape index (κ2) is 10.1. The molecular weight excluding hydrogens is 364 g/mol. The van der Waals surface area contributed by atoms with Gasteiger partial charge in [-0.2, -0.15) is 0 Å². The Morgan fingerprint density at radius 3 is 2.00 bits per heavy atom. The third-order valence-electron chi connectivity index (χ3n) is 3.14. The maximum absolute atomic E-state index is 12.4. The largest absolute Gasteiger partial charge is 0.509 e. The van der Waals surface area contributed by atoms with Crippen LogP contribution in [-0.2, 0) is 35.1 Å². The van der Waals surface area contributed by atoms with Crippen molar-refractivity contribution < 1.29 is 33.3 Å². The van der Waals surface area contributed by atoms with E-state index in [0.717, 1.165) is 5.56 Å². The molecule has 1 aromatic carbocycles. The first-order valence-corrected chi connectivity index (χ1v) is 9.18. The number of ether oxygens (including phenoxy) is 4. The van der Waals surface area contributed by atoms with Crippen LogP contribution in [0.15, 0.2) is 30.3 Å². The van der Waals surface area contributed by atoms with E-state index in [-0.39, 0.29) is 19.4 Å². The number of carbonyl (C=O) groups is 3. The highest BCUT2D eigenvalue weighted by molar-refractivity contribution is 5.79. The van der Waals surface area contributed by atoms with Crippen molar-refractivity contribution in [1.82, 2.24) is 0 Å². The molecule has 0 heterocycles. The fraction of sp³-hybridized carbons (Fsp3) is 0.571. The maximum Gasteiger partial charge on any atom is 0.509 e. The Hall–Kier alpha value is -2.57. The van der Waals surface area contributed by atoms with Crippen molar-refractivity contribution in [2.75, 3.05) is 0 Å². The molecule has 7 heteroatoms. The van der Waals surface area contributed by atoms with Gasteiger partial charge in [0, 0.05) is 12.8 Å². The van der Waals surface area contributed by atoms with Gasteiger partial charge in [0.2, 0.25) is 6.10 Å². The molecule has 0 bridgehead atoms. The number of rotatable bonds is 7. The Labute approximate surface area is 166 Å². The minimum Gasteiger partial charge on any atom is -0.460 e. The quantitative estimate of drug-likeness (QED) is 0.506. The zero-order valence-electron chi connectivity index (χ0n) is 17.4. The Balaban J connectivity index is 2.67. The lowest BCUT2D eigenvalue weighted by molar-refractivity contribution is -0.168. The summed E-state index contributed by atoms with van der Waals surface area (Å²) in [6.45, 7) is 10.3. The molecule has 0 amide bonds. The first kappa shape index (κ1) is 23.5. The first-order valence-electron chi connectivity index (χ1n) is 9.18. The molecule has 156 valence electrons. The molecular formula is C21H30O7. The Morgan fingerprint density at radius 1 is 0.893 bits per heavy atom. The predicted octanol–water partition coefficient (Wildman–Crippen LogP) is 4.17. The van der Waals surface area contributed by atoms with Crippen LogP contribution in [-0.4, -0.2) is 35.4 Å². The zero-order chi connectivity index (χ0) is 21.4. The average molecular weight is 394 g/mol. The molecule has 0 saturated heterocycles. The molecule has 1 rings (SSSR count). The standard InChI is InChI=1S/C21H30O7/c1-20(2,3)27-17(22)13-12-16(18(23)28-21(4,5)6)26-19(24)25-14-15-10-8-7-9-11-15/h7-11,16H,12-14H2,1-6H3. The molecule has 0 spiro atoms. The Bertz CT molecular complexity index is 654. The van der Waals surface area contributed by atoms with Crippen LogP contribution < -0.4 is 0 Å². The minimum atomic E-state index is -1.27. The average Bonchev–Trinajstić information content (AvgIpc) is 2.54. The molecule has 7 nitrogen and oxygen atoms in total. The van der Waals surface area contributed by atoms with Gasteiger partial charge < -0.3 is 18.9 Å². The summed E-state index contributed by atoms with van der Waals surface area (Å²) >= 11 is 0. The SMILES string of the molecule is CC(C)(C)OC(=O)CCC(OC(=O)OCc1ccccc1)C(=O)OC(C)(C)C. The Kier molecular flexibility index (Phi) is 8.47. The second-order valence-electron chi connectivity index (χ2n) is 8.29. The molecule has 0 saturated carbocycles. The minimum absolute atomic E-state index is 0.00672. The van der Waals surface area contributed by atoms with E-state index in [2.05, 4.69) is 0 Å². The van der Waals surface area contributed by atoms with Gasteiger partial charge in [-0.05, 0) is 47.1 Å². The Morgan fingerprint density at radius 2 is 1.46 bits per heavy atom. The summed E-state index contributed by atoms with van der Waals surface area (Å²) in [7, 11) is 0. The summed E-state index contributed by atoms with van der Waals surface area (Å²) in [6, 6.07) is 9.06. The van der Waals surface area contributed by atoms with Gasteiger partial charge in [0.25, 0.3) is 0 Å². The number of benzene rings is 1. The van der Waals surface area contributed by atoms with Crippen LogP contribution in [0.25, 0.3) is 0 Å². The summed E-state index contributed by atoms with van der Waals surface area (Å²) in [4.78, 5) is 36.3. The monoisotopic (exact) mass is 394 g/mol. The van der Waals surface area contributed by atoms with Gasteiger partial charge in [-0.25, -0.2) is 9.59 Å². The molecule has 0 aliphatic carbocycles. The van der Waals surface area contributed by atoms with Crippen LogP contribution in [0.4, 0.5) is 4.79 Å². The van der Waals surface area contributed by atoms with Crippen molar-refractivity contribution in [2.24, 2.45) is 0 Å². The normalized spacial score (nSPS) is 12.6. The van der Waals surface area contributed by atoms with Crippen molar-refractivity contribution in [3.05, 3.63) is 35.9 Å². The van der Waals surface area contributed by atoms with Crippen molar-refractivity contribution >= 4 is 18.1 Å². The van der Waals surface area contributed by atoms with Crippen LogP contribution in [0.1, 0.15) is 59.9 Å². The highest BCUT2D eigenvalue weighted by Gasteiger charge is 2.30. The molecule has 0 fully saturated rings. The van der Waals surface area contributed by atoms with E-state index in [4.69, 9.17) is 18.9 Å². The molecule has 0 aliphatic rings. The highest BCUT2D eigenvalue weighted by atomic mass is 16.7. The molecule has 0 aromatic heterocycles. The van der Waals surface area contributed by atoms with Gasteiger partial charge in [-0.15, -0.1) is 0 Å². The van der Waals surface area contributed by atoms with Crippen LogP contribution >= 0.6 is 0 Å². The smallest absolute Gasteiger partial charge is 0.460 e. The number of hydrogen-bond acceptors (Lipinski definition) is 7. The number of carbonyl (C=O) groups excluding carboxylic acids is 3. The summed E-state index contributed by atoms with van der Waals surface area (Å²) < 4.78 is 20.6. The van der Waals surface area contributed by atoms with E-state index in [0.29, 0.717) is 0 Å². The molecule has 28 heavy (non-hydrogen) atoms. The topological polar surface area (TPSA) is 88.1 Å². The van der Waals surface area contributed by atoms with Crippen LogP contribution in [0.2, 0.25) is 0 Å². The lowest BCUT2D eigenvalue weighted by atomic mass is 10.1. The molecule has 1 atom stereocenters. The first-order chi connectivity index (χ1) is 12.9. The van der Waals surface area contributed by atoms with E-state index >= 15 is 0 Å². The van der Waals surface area contributed by atoms with Gasteiger partial charge in [-0.1, -0.05) is 30.3 Å². The summed E-state index contributed by atoms with van der Waals surface area (Å²) in [5, 5.41) is 0. The molecule has 0 radical (unpaired) electrons. The van der Waals surface area contributed by atoms with Gasteiger partial charge in [0.15, 0.2) is 0 Å². The van der Waals surface area contributed by atoms with Crippen LogP contribution in [0.5, 0.6) is 0 Å². The van der Waals surface area contributed by atoms with Gasteiger partial charge >= 0.3 is 18.1 Å². The van der Waals surface area contributed by atoms with E-state index < -0.39 is 35.4 Å². The second-order valence-corrected chi connectivity index (χ2v) is 8.29. The summed E-state index contributed by atoms with van der Waals surface area (Å²) in [5.74, 6) is -1.24. The van der Waals surface area contributed by atoms with Crippen molar-refractivity contribution in [2.45, 2.75) is 78.3 Å². The van der Waals surface area contributed by atoms with Crippen molar-refractivity contribution in [1.29, 1.82) is 0 Å². The van der Waals surface area contributed by atoms with Crippen molar-refractivity contribution in [3.8, 4) is 0 Å². The lowest BCUT2D eigenvalue weighted by Gasteiger charge is -2.24. The highest BCUT2D eigenvalue weighted by Crippen LogP contribution is 2.16. The maximum atomic E-state index is 12.4. The van der Waals surface area contributed by atoms with E-state index in [1.807, 2.05) is 18.2 Å². The van der Waals surface area contributed by atoms with Gasteiger partial charge in [0.05, 0.1) is 0 Å². The fourth-order valence-corrected chi connectivity index (χ4v) is 2.10. The van der Waals surface area contributed by atoms with E-state index in [9.17, 15) is 14.4 Å². The van der Waals surface area contributed by atoms with Gasteiger partial charge in [-0.3, -0.25) is 4.79 Å². The summed E-state index contributed by atoms with van der Waals surface area (Å²) in [5.41, 5.74) is -0.631. The van der Waals surface area contributed by atoms with Crippen LogP contribution in [0, 0.1) is 0 Å². The summed E-state index contributed by atoms with van der Waals surface area (Å²) in [6.07, 6.45) is -2.45. The number of esters is 2.